The number of H-pyrrole nitrogens is 1. The molecule has 0 radical (unpaired) electrons. The summed E-state index contributed by atoms with van der Waals surface area (Å²) in [5.74, 6) is -0.465. The summed E-state index contributed by atoms with van der Waals surface area (Å²) in [5, 5.41) is 3.11. The third-order valence-electron chi connectivity index (χ3n) is 3.47. The van der Waals surface area contributed by atoms with Crippen LogP contribution in [0.3, 0.4) is 0 Å². The quantitative estimate of drug-likeness (QED) is 0.662. The number of hydrogen-bond donors (Lipinski definition) is 2. The Hall–Kier alpha value is -3.00. The Bertz CT molecular complexity index is 960. The predicted molar refractivity (Wildman–Crippen MR) is 97.5 cm³/mol. The second kappa shape index (κ2) is 7.27. The molecule has 0 bridgehead atoms. The van der Waals surface area contributed by atoms with Gasteiger partial charge in [0.2, 0.25) is 5.88 Å². The highest BCUT2D eigenvalue weighted by Gasteiger charge is 2.19. The van der Waals surface area contributed by atoms with Crippen molar-refractivity contribution in [3.63, 3.8) is 0 Å². The number of rotatable bonds is 6. The maximum absolute atomic E-state index is 12.5. The van der Waals surface area contributed by atoms with Crippen LogP contribution in [0, 0.1) is 0 Å². The lowest BCUT2D eigenvalue weighted by Crippen LogP contribution is -2.24. The molecule has 0 fully saturated rings. The minimum Gasteiger partial charge on any atom is -0.479 e. The van der Waals surface area contributed by atoms with E-state index in [0.717, 1.165) is 10.2 Å². The van der Waals surface area contributed by atoms with Crippen molar-refractivity contribution in [3.8, 4) is 5.88 Å². The lowest BCUT2D eigenvalue weighted by molar-refractivity contribution is 0.101. The molecule has 0 saturated carbocycles. The maximum Gasteiger partial charge on any atom is 0.279 e. The summed E-state index contributed by atoms with van der Waals surface area (Å²) in [6, 6.07) is 7.56. The molecule has 2 N–H and O–H groups in total. The number of carbonyl (C=O) groups is 1. The fourth-order valence-corrected chi connectivity index (χ4v) is 3.12. The van der Waals surface area contributed by atoms with E-state index in [2.05, 4.69) is 26.8 Å². The van der Waals surface area contributed by atoms with Crippen LogP contribution in [0.15, 0.2) is 41.7 Å². The van der Waals surface area contributed by atoms with Crippen molar-refractivity contribution in [3.05, 3.63) is 58.7 Å². The van der Waals surface area contributed by atoms with E-state index in [9.17, 15) is 9.59 Å². The predicted octanol–water partition coefficient (Wildman–Crippen LogP) is 2.76. The van der Waals surface area contributed by atoms with Crippen LogP contribution in [0.5, 0.6) is 5.88 Å². The monoisotopic (exact) mass is 356 g/mol. The average Bonchev–Trinajstić information content (AvgIpc) is 3.02. The van der Waals surface area contributed by atoms with E-state index in [0.29, 0.717) is 23.7 Å². The topological polar surface area (TPSA) is 97.0 Å². The summed E-state index contributed by atoms with van der Waals surface area (Å²) >= 11 is 1.34. The van der Waals surface area contributed by atoms with Gasteiger partial charge in [0, 0.05) is 0 Å². The number of nitrogens with one attached hydrogen (secondary N) is 2. The number of para-hydroxylation sites is 1. The number of nitrogens with zero attached hydrogens (tertiary/aromatic N) is 2. The molecule has 0 unspecified atom stereocenters. The van der Waals surface area contributed by atoms with Gasteiger partial charge in [0.1, 0.15) is 5.69 Å². The fourth-order valence-electron chi connectivity index (χ4n) is 2.26. The summed E-state index contributed by atoms with van der Waals surface area (Å²) in [5.41, 5.74) is 0.639. The Labute approximate surface area is 147 Å². The lowest BCUT2D eigenvalue weighted by Gasteiger charge is -2.08. The summed E-state index contributed by atoms with van der Waals surface area (Å²) in [7, 11) is 1.40. The molecule has 1 amide bonds. The van der Waals surface area contributed by atoms with Crippen LogP contribution in [-0.4, -0.2) is 28.0 Å². The van der Waals surface area contributed by atoms with Crippen molar-refractivity contribution < 1.29 is 9.53 Å². The number of fused-ring (bicyclic) bond motifs is 1. The van der Waals surface area contributed by atoms with E-state index < -0.39 is 11.5 Å². The van der Waals surface area contributed by atoms with Gasteiger partial charge in [-0.3, -0.25) is 14.9 Å². The van der Waals surface area contributed by atoms with Crippen LogP contribution in [0.1, 0.15) is 22.6 Å². The van der Waals surface area contributed by atoms with E-state index in [-0.39, 0.29) is 11.6 Å². The molecule has 0 spiro atoms. The van der Waals surface area contributed by atoms with Gasteiger partial charge in [-0.1, -0.05) is 29.5 Å². The third-order valence-corrected chi connectivity index (χ3v) is 4.42. The van der Waals surface area contributed by atoms with Crippen LogP contribution in [0.4, 0.5) is 5.13 Å². The van der Waals surface area contributed by atoms with Crippen molar-refractivity contribution in [1.82, 2.24) is 15.0 Å². The Kier molecular flexibility index (Phi) is 4.90. The zero-order chi connectivity index (χ0) is 17.8. The zero-order valence-electron chi connectivity index (χ0n) is 13.5. The van der Waals surface area contributed by atoms with E-state index >= 15 is 0 Å². The fraction of sp³-hybridized carbons (Fsp3) is 0.176. The highest BCUT2D eigenvalue weighted by molar-refractivity contribution is 7.22. The molecular formula is C17H16N4O3S. The van der Waals surface area contributed by atoms with Gasteiger partial charge in [-0.25, -0.2) is 9.97 Å². The number of carbonyl (C=O) groups excluding carboxylic acids is 1. The standard InChI is InChI=1S/C17H16N4O3S/c1-3-4-7-11-14(22)20-13(16(18-11)24-2)15(23)21-17-19-10-8-5-6-9-12(10)25-17/h3,5-6,8-9H,1,4,7H2,2H3,(H,20,22)(H,19,21,23). The maximum atomic E-state index is 12.5. The number of ether oxygens (including phenoxy) is 1. The number of anilines is 1. The summed E-state index contributed by atoms with van der Waals surface area (Å²) in [6.07, 6.45) is 2.73. The number of thiazole rings is 1. The molecule has 0 aliphatic heterocycles. The van der Waals surface area contributed by atoms with Crippen LogP contribution < -0.4 is 15.6 Å². The number of benzene rings is 1. The Morgan fingerprint density at radius 3 is 2.92 bits per heavy atom. The minimum absolute atomic E-state index is 0.0332. The number of amides is 1. The first-order valence-corrected chi connectivity index (χ1v) is 8.39. The molecule has 0 aliphatic rings. The van der Waals surface area contributed by atoms with E-state index in [1.807, 2.05) is 24.3 Å². The second-order valence-corrected chi connectivity index (χ2v) is 6.20. The third kappa shape index (κ3) is 3.58. The molecule has 2 aromatic heterocycles. The zero-order valence-corrected chi connectivity index (χ0v) is 14.4. The van der Waals surface area contributed by atoms with Crippen molar-refractivity contribution in [2.45, 2.75) is 12.8 Å². The molecular weight excluding hydrogens is 340 g/mol. The van der Waals surface area contributed by atoms with Gasteiger partial charge in [0.05, 0.1) is 17.3 Å². The molecule has 3 aromatic rings. The van der Waals surface area contributed by atoms with Crippen molar-refractivity contribution in [2.75, 3.05) is 12.4 Å². The van der Waals surface area contributed by atoms with E-state index in [1.165, 1.54) is 18.4 Å². The van der Waals surface area contributed by atoms with Gasteiger partial charge in [-0.15, -0.1) is 6.58 Å². The molecule has 0 atom stereocenters. The molecule has 3 rings (SSSR count). The molecule has 0 aliphatic carbocycles. The largest absolute Gasteiger partial charge is 0.479 e. The lowest BCUT2D eigenvalue weighted by atomic mass is 10.2. The molecule has 25 heavy (non-hydrogen) atoms. The van der Waals surface area contributed by atoms with Crippen molar-refractivity contribution >= 4 is 32.6 Å². The minimum atomic E-state index is -0.532. The first-order chi connectivity index (χ1) is 12.1. The molecule has 2 heterocycles. The van der Waals surface area contributed by atoms with Crippen molar-refractivity contribution in [1.29, 1.82) is 0 Å². The smallest absolute Gasteiger partial charge is 0.279 e. The van der Waals surface area contributed by atoms with Crippen LogP contribution >= 0.6 is 11.3 Å². The molecule has 8 heteroatoms. The number of hydrogen-bond acceptors (Lipinski definition) is 6. The van der Waals surface area contributed by atoms with E-state index in [1.54, 1.807) is 6.08 Å². The van der Waals surface area contributed by atoms with Crippen LogP contribution in [-0.2, 0) is 6.42 Å². The Balaban J connectivity index is 1.89. The molecule has 0 saturated heterocycles. The Morgan fingerprint density at radius 2 is 2.20 bits per heavy atom. The van der Waals surface area contributed by atoms with Gasteiger partial charge in [0.25, 0.3) is 11.5 Å². The van der Waals surface area contributed by atoms with Crippen molar-refractivity contribution in [2.24, 2.45) is 0 Å². The average molecular weight is 356 g/mol. The molecule has 128 valence electrons. The SMILES string of the molecule is C=CCCc1nc(OC)c(C(=O)Nc2nc3ccccc3s2)[nH]c1=O. The van der Waals surface area contributed by atoms with Gasteiger partial charge >= 0.3 is 0 Å². The summed E-state index contributed by atoms with van der Waals surface area (Å²) in [6.45, 7) is 3.62. The highest BCUT2D eigenvalue weighted by Crippen LogP contribution is 2.26. The van der Waals surface area contributed by atoms with E-state index in [4.69, 9.17) is 4.74 Å². The molecule has 7 nitrogen and oxygen atoms in total. The van der Waals surface area contributed by atoms with Gasteiger partial charge in [0.15, 0.2) is 10.8 Å². The van der Waals surface area contributed by atoms with Gasteiger partial charge < -0.3 is 9.72 Å². The first kappa shape index (κ1) is 16.8. The van der Waals surface area contributed by atoms with Crippen LogP contribution in [0.2, 0.25) is 0 Å². The number of allylic oxidation sites excluding steroid dienone is 1. The number of aryl methyl sites for hydroxylation is 1. The Morgan fingerprint density at radius 1 is 1.40 bits per heavy atom. The number of methoxy groups -OCH3 is 1. The van der Waals surface area contributed by atoms with Gasteiger partial charge in [-0.05, 0) is 25.0 Å². The summed E-state index contributed by atoms with van der Waals surface area (Å²) < 4.78 is 6.11. The van der Waals surface area contributed by atoms with Gasteiger partial charge in [-0.2, -0.15) is 0 Å². The second-order valence-electron chi connectivity index (χ2n) is 5.17. The summed E-state index contributed by atoms with van der Waals surface area (Å²) in [4.78, 5) is 35.6. The first-order valence-electron chi connectivity index (χ1n) is 7.57. The highest BCUT2D eigenvalue weighted by atomic mass is 32.1. The van der Waals surface area contributed by atoms with Crippen LogP contribution in [0.25, 0.3) is 10.2 Å². The number of aromatic amines is 1. The normalized spacial score (nSPS) is 10.6. The molecule has 1 aromatic carbocycles. The number of aromatic nitrogens is 3.